The first-order chi connectivity index (χ1) is 19.7. The van der Waals surface area contributed by atoms with Crippen molar-refractivity contribution in [1.82, 2.24) is 25.5 Å². The lowest BCUT2D eigenvalue weighted by Gasteiger charge is -2.30. The summed E-state index contributed by atoms with van der Waals surface area (Å²) in [6.45, 7) is 0.665. The summed E-state index contributed by atoms with van der Waals surface area (Å²) in [7, 11) is 6.67. The minimum atomic E-state index is -4.27. The van der Waals surface area contributed by atoms with Crippen molar-refractivity contribution in [3.05, 3.63) is 53.2 Å². The van der Waals surface area contributed by atoms with Gasteiger partial charge in [-0.3, -0.25) is 0 Å². The van der Waals surface area contributed by atoms with Crippen LogP contribution in [0.4, 0.5) is 19.0 Å². The van der Waals surface area contributed by atoms with E-state index in [1.165, 1.54) is 13.4 Å². The number of methoxy groups -OCH3 is 3. The van der Waals surface area contributed by atoms with E-state index in [2.05, 4.69) is 25.5 Å². The summed E-state index contributed by atoms with van der Waals surface area (Å²) in [5.41, 5.74) is 2.70. The monoisotopic (exact) mass is 588 g/mol. The SMILES string of the molecule is COc1cc(-c2ccc(CN[C@H]3C[C@H](OC)[C@@H](N(C)c4ncnc5sc(CC(F)(F)F)cc45)C3)cc2)nnc1OC. The lowest BCUT2D eigenvalue weighted by Crippen LogP contribution is -2.39. The number of ether oxygens (including phenoxy) is 3. The van der Waals surface area contributed by atoms with Crippen LogP contribution < -0.4 is 19.7 Å². The fraction of sp³-hybridized carbons (Fsp3) is 0.429. The van der Waals surface area contributed by atoms with Crippen molar-refractivity contribution in [2.45, 2.75) is 50.2 Å². The molecule has 0 amide bonds. The molecule has 41 heavy (non-hydrogen) atoms. The van der Waals surface area contributed by atoms with Crippen LogP contribution >= 0.6 is 11.3 Å². The highest BCUT2D eigenvalue weighted by atomic mass is 32.1. The van der Waals surface area contributed by atoms with Crippen molar-refractivity contribution >= 4 is 27.4 Å². The van der Waals surface area contributed by atoms with E-state index in [1.54, 1.807) is 26.4 Å². The number of nitrogens with one attached hydrogen (secondary N) is 1. The second-order valence-corrected chi connectivity index (χ2v) is 11.0. The lowest BCUT2D eigenvalue weighted by atomic mass is 10.1. The van der Waals surface area contributed by atoms with Crippen LogP contribution in [0.3, 0.4) is 0 Å². The van der Waals surface area contributed by atoms with Crippen molar-refractivity contribution in [3.63, 3.8) is 0 Å². The molecule has 0 unspecified atom stereocenters. The number of aromatic nitrogens is 4. The van der Waals surface area contributed by atoms with Gasteiger partial charge in [-0.25, -0.2) is 9.97 Å². The number of rotatable bonds is 10. The molecule has 0 radical (unpaired) electrons. The molecule has 3 aromatic heterocycles. The number of hydrogen-bond donors (Lipinski definition) is 1. The molecule has 0 spiro atoms. The summed E-state index contributed by atoms with van der Waals surface area (Å²) in [5.74, 6) is 1.46. The summed E-state index contributed by atoms with van der Waals surface area (Å²) in [6.07, 6.45) is -2.33. The predicted octanol–water partition coefficient (Wildman–Crippen LogP) is 5.04. The van der Waals surface area contributed by atoms with Gasteiger partial charge in [-0.2, -0.15) is 13.2 Å². The van der Waals surface area contributed by atoms with Gasteiger partial charge in [-0.05, 0) is 24.5 Å². The largest absolute Gasteiger partial charge is 0.491 e. The van der Waals surface area contributed by atoms with Gasteiger partial charge in [0.25, 0.3) is 5.88 Å². The number of fused-ring (bicyclic) bond motifs is 1. The molecule has 13 heteroatoms. The minimum absolute atomic E-state index is 0.00688. The zero-order valence-corrected chi connectivity index (χ0v) is 23.9. The summed E-state index contributed by atoms with van der Waals surface area (Å²) < 4.78 is 55.3. The van der Waals surface area contributed by atoms with Gasteiger partial charge in [-0.15, -0.1) is 21.5 Å². The van der Waals surface area contributed by atoms with Gasteiger partial charge in [0.1, 0.15) is 17.0 Å². The molecule has 5 rings (SSSR count). The normalized spacial score (nSPS) is 19.0. The first-order valence-corrected chi connectivity index (χ1v) is 13.8. The van der Waals surface area contributed by atoms with Gasteiger partial charge in [0.2, 0.25) is 0 Å². The van der Waals surface area contributed by atoms with E-state index in [-0.39, 0.29) is 23.1 Å². The Morgan fingerprint density at radius 1 is 1.02 bits per heavy atom. The van der Waals surface area contributed by atoms with Crippen molar-refractivity contribution in [2.24, 2.45) is 0 Å². The molecule has 1 aliphatic rings. The van der Waals surface area contributed by atoms with Crippen molar-refractivity contribution in [3.8, 4) is 22.9 Å². The Balaban J connectivity index is 1.24. The molecule has 1 aliphatic carbocycles. The molecule has 1 N–H and O–H groups in total. The lowest BCUT2D eigenvalue weighted by molar-refractivity contribution is -0.126. The molecule has 1 aromatic carbocycles. The molecule has 3 heterocycles. The third kappa shape index (κ3) is 6.52. The smallest absolute Gasteiger partial charge is 0.393 e. The maximum absolute atomic E-state index is 13.0. The summed E-state index contributed by atoms with van der Waals surface area (Å²) in [5, 5.41) is 12.6. The van der Waals surface area contributed by atoms with Crippen LogP contribution in [-0.2, 0) is 17.7 Å². The van der Waals surface area contributed by atoms with Gasteiger partial charge in [0.15, 0.2) is 5.75 Å². The first kappa shape index (κ1) is 29.0. The number of anilines is 1. The zero-order chi connectivity index (χ0) is 29.1. The molecule has 0 aliphatic heterocycles. The number of halogens is 3. The predicted molar refractivity (Wildman–Crippen MR) is 151 cm³/mol. The van der Waals surface area contributed by atoms with Crippen LogP contribution in [0.2, 0.25) is 0 Å². The highest BCUT2D eigenvalue weighted by molar-refractivity contribution is 7.18. The molecular weight excluding hydrogens is 557 g/mol. The van der Waals surface area contributed by atoms with E-state index >= 15 is 0 Å². The molecule has 1 saturated carbocycles. The Hall–Kier alpha value is -3.55. The summed E-state index contributed by atoms with van der Waals surface area (Å²) in [4.78, 5) is 11.4. The Morgan fingerprint density at radius 3 is 2.49 bits per heavy atom. The molecule has 0 bridgehead atoms. The Kier molecular flexibility index (Phi) is 8.57. The second kappa shape index (κ2) is 12.1. The number of hydrogen-bond acceptors (Lipinski definition) is 10. The quantitative estimate of drug-likeness (QED) is 0.273. The molecule has 218 valence electrons. The van der Waals surface area contributed by atoms with Gasteiger partial charge >= 0.3 is 6.18 Å². The van der Waals surface area contributed by atoms with Crippen LogP contribution in [0.15, 0.2) is 42.7 Å². The average molecular weight is 589 g/mol. The molecule has 0 saturated heterocycles. The van der Waals surface area contributed by atoms with Gasteiger partial charge < -0.3 is 24.4 Å². The van der Waals surface area contributed by atoms with Crippen LogP contribution in [0.5, 0.6) is 11.6 Å². The highest BCUT2D eigenvalue weighted by Crippen LogP contribution is 2.36. The van der Waals surface area contributed by atoms with Crippen LogP contribution in [0, 0.1) is 0 Å². The van der Waals surface area contributed by atoms with Crippen molar-refractivity contribution in [1.29, 1.82) is 0 Å². The third-order valence-electron chi connectivity index (χ3n) is 7.33. The molecular formula is C28H31F3N6O3S. The minimum Gasteiger partial charge on any atom is -0.491 e. The van der Waals surface area contributed by atoms with E-state index in [1.807, 2.05) is 36.2 Å². The number of alkyl halides is 3. The standard InChI is InChI=1S/C28H31F3N6O3S/c1-37(25-20-11-19(13-28(29,30)31)41-27(20)34-15-33-25)22-9-18(10-23(22)38-2)32-14-16-5-7-17(8-6-16)21-12-24(39-3)26(40-4)36-35-21/h5-8,11-12,15,18,22-23,32H,9-10,13-14H2,1-4H3/t18-,22+,23+/m1/s1. The third-order valence-corrected chi connectivity index (χ3v) is 8.37. The zero-order valence-electron chi connectivity index (χ0n) is 23.1. The number of benzene rings is 1. The summed E-state index contributed by atoms with van der Waals surface area (Å²) in [6, 6.07) is 11.6. The van der Waals surface area contributed by atoms with Gasteiger partial charge in [0.05, 0.1) is 43.9 Å². The fourth-order valence-electron chi connectivity index (χ4n) is 5.27. The van der Waals surface area contributed by atoms with Crippen LogP contribution in [0.1, 0.15) is 23.3 Å². The highest BCUT2D eigenvalue weighted by Gasteiger charge is 2.38. The fourth-order valence-corrected chi connectivity index (χ4v) is 6.29. The van der Waals surface area contributed by atoms with Crippen LogP contribution in [-0.4, -0.2) is 72.9 Å². The maximum Gasteiger partial charge on any atom is 0.393 e. The molecule has 9 nitrogen and oxygen atoms in total. The Bertz CT molecular complexity index is 1480. The average Bonchev–Trinajstić information content (AvgIpc) is 3.57. The Morgan fingerprint density at radius 2 is 1.80 bits per heavy atom. The van der Waals surface area contributed by atoms with Crippen molar-refractivity contribution < 1.29 is 27.4 Å². The first-order valence-electron chi connectivity index (χ1n) is 13.0. The number of thiophene rings is 1. The van der Waals surface area contributed by atoms with E-state index < -0.39 is 12.6 Å². The molecule has 3 atom stereocenters. The van der Waals surface area contributed by atoms with Gasteiger partial charge in [-0.1, -0.05) is 24.3 Å². The summed E-state index contributed by atoms with van der Waals surface area (Å²) >= 11 is 1.05. The van der Waals surface area contributed by atoms with Crippen LogP contribution in [0.25, 0.3) is 21.5 Å². The maximum atomic E-state index is 13.0. The van der Waals surface area contributed by atoms with Gasteiger partial charge in [0, 0.05) is 43.3 Å². The number of nitrogens with zero attached hydrogens (tertiary/aromatic N) is 5. The molecule has 1 fully saturated rings. The topological polar surface area (TPSA) is 94.5 Å². The molecule has 4 aromatic rings. The second-order valence-electron chi connectivity index (χ2n) is 9.93. The number of likely N-dealkylation sites (N-methyl/N-ethyl adjacent to an activating group) is 1. The van der Waals surface area contributed by atoms with E-state index in [0.717, 1.165) is 35.3 Å². The Labute approximate surface area is 239 Å². The van der Waals surface area contributed by atoms with E-state index in [4.69, 9.17) is 14.2 Å². The van der Waals surface area contributed by atoms with E-state index in [0.29, 0.717) is 39.9 Å². The van der Waals surface area contributed by atoms with E-state index in [9.17, 15) is 13.2 Å². The van der Waals surface area contributed by atoms with Crippen molar-refractivity contribution in [2.75, 3.05) is 33.3 Å².